The van der Waals surface area contributed by atoms with Gasteiger partial charge in [-0.3, -0.25) is 9.59 Å². The summed E-state index contributed by atoms with van der Waals surface area (Å²) in [6, 6.07) is 6.88. The lowest BCUT2D eigenvalue weighted by atomic mass is 10.1. The summed E-state index contributed by atoms with van der Waals surface area (Å²) in [7, 11) is -2.13. The average molecular weight is 362 g/mol. The summed E-state index contributed by atoms with van der Waals surface area (Å²) < 4.78 is 24.8. The molecule has 8 nitrogen and oxygen atoms in total. The second kappa shape index (κ2) is 7.46. The van der Waals surface area contributed by atoms with Gasteiger partial charge in [0.05, 0.1) is 30.4 Å². The monoisotopic (exact) mass is 362 g/mol. The first kappa shape index (κ1) is 18.6. The van der Waals surface area contributed by atoms with Gasteiger partial charge in [-0.25, -0.2) is 13.1 Å². The van der Waals surface area contributed by atoms with E-state index >= 15 is 0 Å². The Labute approximate surface area is 145 Å². The molecule has 0 bridgehead atoms. The van der Waals surface area contributed by atoms with Gasteiger partial charge in [0.25, 0.3) is 5.56 Å². The topological polar surface area (TPSA) is 101 Å². The van der Waals surface area contributed by atoms with Crippen molar-refractivity contribution >= 4 is 26.7 Å². The van der Waals surface area contributed by atoms with Crippen LogP contribution in [-0.4, -0.2) is 48.3 Å². The summed E-state index contributed by atoms with van der Waals surface area (Å²) in [5.41, 5.74) is 0.168. The van der Waals surface area contributed by atoms with E-state index in [1.807, 2.05) is 0 Å². The average Bonchev–Trinajstić information content (AvgIpc) is 2.55. The fraction of sp³-hybridized carbons (Fsp3) is 0.312. The third-order valence-corrected chi connectivity index (χ3v) is 4.83. The number of fused-ring (bicyclic) bond motifs is 1. The number of benzene rings is 1. The van der Waals surface area contributed by atoms with Crippen molar-refractivity contribution in [3.05, 3.63) is 40.3 Å². The number of terminal acetylenes is 1. The van der Waals surface area contributed by atoms with E-state index in [1.54, 1.807) is 24.3 Å². The predicted molar refractivity (Wildman–Crippen MR) is 94.2 cm³/mol. The molecule has 25 heavy (non-hydrogen) atoms. The molecule has 2 rings (SSSR count). The largest absolute Gasteiger partial charge is 0.349 e. The van der Waals surface area contributed by atoms with Gasteiger partial charge in [-0.2, -0.15) is 9.40 Å². The molecule has 0 unspecified atom stereocenters. The summed E-state index contributed by atoms with van der Waals surface area (Å²) in [4.78, 5) is 24.3. The Balaban J connectivity index is 2.26. The highest BCUT2D eigenvalue weighted by molar-refractivity contribution is 7.88. The van der Waals surface area contributed by atoms with E-state index < -0.39 is 15.9 Å². The normalized spacial score (nSPS) is 11.4. The molecule has 1 aromatic heterocycles. The molecule has 9 heteroatoms. The van der Waals surface area contributed by atoms with Crippen molar-refractivity contribution in [2.24, 2.45) is 0 Å². The molecule has 0 atom stereocenters. The number of nitrogens with zero attached hydrogens (tertiary/aromatic N) is 3. The fourth-order valence-electron chi connectivity index (χ4n) is 2.19. The highest BCUT2D eigenvalue weighted by atomic mass is 32.2. The maximum absolute atomic E-state index is 12.3. The molecule has 0 saturated carbocycles. The molecular formula is C16H18N4O4S. The van der Waals surface area contributed by atoms with Gasteiger partial charge < -0.3 is 5.32 Å². The number of hydrogen-bond donors (Lipinski definition) is 1. The maximum atomic E-state index is 12.3. The molecule has 1 N–H and O–H groups in total. The molecule has 1 amide bonds. The van der Waals surface area contributed by atoms with Crippen molar-refractivity contribution in [2.75, 3.05) is 19.8 Å². The zero-order valence-corrected chi connectivity index (χ0v) is 14.7. The van der Waals surface area contributed by atoms with E-state index in [-0.39, 0.29) is 25.2 Å². The van der Waals surface area contributed by atoms with Crippen molar-refractivity contribution < 1.29 is 13.2 Å². The van der Waals surface area contributed by atoms with Gasteiger partial charge in [0.2, 0.25) is 15.9 Å². The number of amides is 1. The fourth-order valence-corrected chi connectivity index (χ4v) is 2.54. The minimum atomic E-state index is -3.45. The Morgan fingerprint density at radius 2 is 2.00 bits per heavy atom. The van der Waals surface area contributed by atoms with Crippen LogP contribution in [0.25, 0.3) is 10.8 Å². The Morgan fingerprint density at radius 3 is 2.60 bits per heavy atom. The predicted octanol–water partition coefficient (Wildman–Crippen LogP) is -0.463. The smallest absolute Gasteiger partial charge is 0.275 e. The number of likely N-dealkylation sites (N-methyl/N-ethyl adjacent to an activating group) is 1. The lowest BCUT2D eigenvalue weighted by Gasteiger charge is -2.14. The van der Waals surface area contributed by atoms with Gasteiger partial charge in [-0.05, 0) is 6.07 Å². The quantitative estimate of drug-likeness (QED) is 0.701. The van der Waals surface area contributed by atoms with Gasteiger partial charge in [-0.15, -0.1) is 6.42 Å². The van der Waals surface area contributed by atoms with E-state index in [4.69, 9.17) is 6.42 Å². The van der Waals surface area contributed by atoms with Crippen LogP contribution in [0.5, 0.6) is 0 Å². The second-order valence-corrected chi connectivity index (χ2v) is 7.54. The molecule has 132 valence electrons. The van der Waals surface area contributed by atoms with Crippen molar-refractivity contribution in [1.29, 1.82) is 0 Å². The van der Waals surface area contributed by atoms with E-state index in [2.05, 4.69) is 16.3 Å². The number of rotatable bonds is 6. The second-order valence-electron chi connectivity index (χ2n) is 5.45. The Hall–Kier alpha value is -2.70. The van der Waals surface area contributed by atoms with Gasteiger partial charge in [0.1, 0.15) is 6.54 Å². The van der Waals surface area contributed by atoms with E-state index in [0.717, 1.165) is 15.2 Å². The summed E-state index contributed by atoms with van der Waals surface area (Å²) >= 11 is 0. The number of carbonyl (C=O) groups excluding carboxylic acids is 1. The van der Waals surface area contributed by atoms with Gasteiger partial charge in [-0.1, -0.05) is 24.1 Å². The minimum Gasteiger partial charge on any atom is -0.349 e. The summed E-state index contributed by atoms with van der Waals surface area (Å²) in [6.45, 7) is -0.246. The highest BCUT2D eigenvalue weighted by Crippen LogP contribution is 2.13. The SMILES string of the molecule is C#CCn1nc(CNC(=O)CN(C)S(C)(=O)=O)c2ccccc2c1=O. The van der Waals surface area contributed by atoms with Crippen LogP contribution >= 0.6 is 0 Å². The minimum absolute atomic E-state index is 0.0153. The maximum Gasteiger partial charge on any atom is 0.275 e. The summed E-state index contributed by atoms with van der Waals surface area (Å²) in [5, 5.41) is 7.87. The van der Waals surface area contributed by atoms with Gasteiger partial charge in [0, 0.05) is 12.4 Å². The Kier molecular flexibility index (Phi) is 5.56. The van der Waals surface area contributed by atoms with Crippen LogP contribution in [0, 0.1) is 12.3 Å². The van der Waals surface area contributed by atoms with E-state index in [9.17, 15) is 18.0 Å². The first-order valence-electron chi connectivity index (χ1n) is 7.34. The van der Waals surface area contributed by atoms with Crippen LogP contribution < -0.4 is 10.9 Å². The van der Waals surface area contributed by atoms with Crippen LogP contribution in [0.4, 0.5) is 0 Å². The lowest BCUT2D eigenvalue weighted by Crippen LogP contribution is -2.38. The highest BCUT2D eigenvalue weighted by Gasteiger charge is 2.16. The summed E-state index contributed by atoms with van der Waals surface area (Å²) in [5.74, 6) is 1.89. The molecule has 0 radical (unpaired) electrons. The molecule has 0 fully saturated rings. The first-order chi connectivity index (χ1) is 11.7. The molecule has 1 heterocycles. The third kappa shape index (κ3) is 4.43. The van der Waals surface area contributed by atoms with Crippen LogP contribution in [0.3, 0.4) is 0 Å². The van der Waals surface area contributed by atoms with E-state index in [0.29, 0.717) is 16.5 Å². The summed E-state index contributed by atoms with van der Waals surface area (Å²) in [6.07, 6.45) is 6.28. The first-order valence-corrected chi connectivity index (χ1v) is 9.19. The molecule has 0 aliphatic rings. The van der Waals surface area contributed by atoms with Gasteiger partial charge in [0.15, 0.2) is 0 Å². The molecule has 2 aromatic rings. The van der Waals surface area contributed by atoms with Crippen LogP contribution in [-0.2, 0) is 27.9 Å². The van der Waals surface area contributed by atoms with E-state index in [1.165, 1.54) is 7.05 Å². The number of sulfonamides is 1. The number of aromatic nitrogens is 2. The van der Waals surface area contributed by atoms with Crippen molar-refractivity contribution in [1.82, 2.24) is 19.4 Å². The van der Waals surface area contributed by atoms with Crippen molar-refractivity contribution in [2.45, 2.75) is 13.1 Å². The number of hydrogen-bond acceptors (Lipinski definition) is 5. The molecule has 0 spiro atoms. The molecular weight excluding hydrogens is 344 g/mol. The van der Waals surface area contributed by atoms with Gasteiger partial charge >= 0.3 is 0 Å². The third-order valence-electron chi connectivity index (χ3n) is 3.57. The lowest BCUT2D eigenvalue weighted by molar-refractivity contribution is -0.121. The Bertz CT molecular complexity index is 1000. The molecule has 0 aliphatic heterocycles. The van der Waals surface area contributed by atoms with Crippen LogP contribution in [0.1, 0.15) is 5.69 Å². The number of nitrogens with one attached hydrogen (secondary N) is 1. The molecule has 0 saturated heterocycles. The number of carbonyl (C=O) groups is 1. The zero-order chi connectivity index (χ0) is 18.6. The Morgan fingerprint density at radius 1 is 1.36 bits per heavy atom. The molecule has 1 aromatic carbocycles. The zero-order valence-electron chi connectivity index (χ0n) is 13.9. The van der Waals surface area contributed by atoms with Crippen LogP contribution in [0.2, 0.25) is 0 Å². The standard InChI is InChI=1S/C16H18N4O4S/c1-4-9-20-16(22)13-8-6-5-7-12(13)14(18-20)10-17-15(21)11-19(2)25(3,23)24/h1,5-8H,9-11H2,2-3H3,(H,17,21). The van der Waals surface area contributed by atoms with Crippen molar-refractivity contribution in [3.63, 3.8) is 0 Å². The van der Waals surface area contributed by atoms with Crippen LogP contribution in [0.15, 0.2) is 29.1 Å². The molecule has 0 aliphatic carbocycles. The van der Waals surface area contributed by atoms with Crippen molar-refractivity contribution in [3.8, 4) is 12.3 Å².